The van der Waals surface area contributed by atoms with Gasteiger partial charge in [-0.3, -0.25) is 4.79 Å². The van der Waals surface area contributed by atoms with Crippen LogP contribution in [-0.4, -0.2) is 21.4 Å². The molecule has 3 rings (SSSR count). The van der Waals surface area contributed by atoms with Crippen molar-refractivity contribution in [3.8, 4) is 0 Å². The third kappa shape index (κ3) is 4.74. The van der Waals surface area contributed by atoms with E-state index in [1.807, 2.05) is 49.2 Å². The Morgan fingerprint density at radius 1 is 1.04 bits per heavy atom. The summed E-state index contributed by atoms with van der Waals surface area (Å²) in [7, 11) is 0. The molecule has 0 aliphatic rings. The Morgan fingerprint density at radius 3 is 2.44 bits per heavy atom. The summed E-state index contributed by atoms with van der Waals surface area (Å²) in [5.41, 5.74) is 2.76. The van der Waals surface area contributed by atoms with E-state index in [0.29, 0.717) is 22.2 Å². The van der Waals surface area contributed by atoms with E-state index < -0.39 is 0 Å². The summed E-state index contributed by atoms with van der Waals surface area (Å²) in [5, 5.41) is 0.891. The van der Waals surface area contributed by atoms with Crippen LogP contribution >= 0.6 is 23.2 Å². The van der Waals surface area contributed by atoms with Gasteiger partial charge in [0.25, 0.3) is 5.91 Å². The average Bonchev–Trinajstić information content (AvgIpc) is 3.06. The predicted molar refractivity (Wildman–Crippen MR) is 111 cm³/mol. The molecule has 5 heteroatoms. The second kappa shape index (κ2) is 8.64. The van der Waals surface area contributed by atoms with Gasteiger partial charge < -0.3 is 9.47 Å². The van der Waals surface area contributed by atoms with E-state index in [-0.39, 0.29) is 11.9 Å². The first-order valence-corrected chi connectivity index (χ1v) is 9.65. The van der Waals surface area contributed by atoms with Gasteiger partial charge in [0.2, 0.25) is 0 Å². The zero-order valence-electron chi connectivity index (χ0n) is 15.4. The van der Waals surface area contributed by atoms with Gasteiger partial charge in [0.15, 0.2) is 0 Å². The topological polar surface area (TPSA) is 25.2 Å². The lowest BCUT2D eigenvalue weighted by molar-refractivity contribution is 0.0686. The lowest BCUT2D eigenvalue weighted by atomic mass is 10.1. The van der Waals surface area contributed by atoms with Crippen LogP contribution in [0.2, 0.25) is 10.0 Å². The summed E-state index contributed by atoms with van der Waals surface area (Å²) in [4.78, 5) is 14.9. The summed E-state index contributed by atoms with van der Waals surface area (Å²) in [6.45, 7) is 5.29. The SMILES string of the molecule is CC(C)N(Cc1cccn1Cc1ccccc1)C(=O)c1ccc(Cl)cc1Cl. The molecular formula is C22H22Cl2N2O. The number of rotatable bonds is 6. The van der Waals surface area contributed by atoms with Crippen LogP contribution in [0.4, 0.5) is 0 Å². The van der Waals surface area contributed by atoms with Crippen molar-refractivity contribution in [2.75, 3.05) is 0 Å². The Bertz CT molecular complexity index is 919. The van der Waals surface area contributed by atoms with E-state index in [4.69, 9.17) is 23.2 Å². The van der Waals surface area contributed by atoms with Crippen LogP contribution in [0.25, 0.3) is 0 Å². The molecule has 0 aliphatic carbocycles. The highest BCUT2D eigenvalue weighted by Crippen LogP contribution is 2.24. The minimum atomic E-state index is -0.0980. The molecule has 1 heterocycles. The molecule has 140 valence electrons. The molecule has 1 aromatic heterocycles. The van der Waals surface area contributed by atoms with Crippen molar-refractivity contribution in [1.82, 2.24) is 9.47 Å². The van der Waals surface area contributed by atoms with Gasteiger partial charge in [-0.15, -0.1) is 0 Å². The van der Waals surface area contributed by atoms with E-state index in [1.165, 1.54) is 5.56 Å². The number of hydrogen-bond donors (Lipinski definition) is 0. The van der Waals surface area contributed by atoms with Gasteiger partial charge in [-0.1, -0.05) is 53.5 Å². The first-order chi connectivity index (χ1) is 13.0. The van der Waals surface area contributed by atoms with Crippen molar-refractivity contribution >= 4 is 29.1 Å². The molecule has 0 spiro atoms. The number of benzene rings is 2. The maximum absolute atomic E-state index is 13.1. The minimum absolute atomic E-state index is 0.0318. The zero-order chi connectivity index (χ0) is 19.4. The van der Waals surface area contributed by atoms with Crippen molar-refractivity contribution in [2.24, 2.45) is 0 Å². The number of nitrogens with zero attached hydrogens (tertiary/aromatic N) is 2. The van der Waals surface area contributed by atoms with Crippen molar-refractivity contribution in [3.63, 3.8) is 0 Å². The average molecular weight is 401 g/mol. The van der Waals surface area contributed by atoms with Crippen LogP contribution < -0.4 is 0 Å². The highest BCUT2D eigenvalue weighted by atomic mass is 35.5. The molecule has 3 nitrogen and oxygen atoms in total. The normalized spacial score (nSPS) is 11.0. The fourth-order valence-electron chi connectivity index (χ4n) is 3.01. The molecule has 2 aromatic carbocycles. The Balaban J connectivity index is 1.83. The Morgan fingerprint density at radius 2 is 1.78 bits per heavy atom. The number of hydrogen-bond acceptors (Lipinski definition) is 1. The molecule has 1 amide bonds. The minimum Gasteiger partial charge on any atom is -0.345 e. The molecule has 0 N–H and O–H groups in total. The molecule has 27 heavy (non-hydrogen) atoms. The van der Waals surface area contributed by atoms with Crippen LogP contribution in [0.3, 0.4) is 0 Å². The Kier molecular flexibility index (Phi) is 6.25. The predicted octanol–water partition coefficient (Wildman–Crippen LogP) is 5.89. The molecule has 0 saturated heterocycles. The summed E-state index contributed by atoms with van der Waals surface area (Å²) >= 11 is 12.2. The number of halogens is 2. The van der Waals surface area contributed by atoms with Gasteiger partial charge in [0.05, 0.1) is 17.1 Å². The van der Waals surface area contributed by atoms with Crippen molar-refractivity contribution in [2.45, 2.75) is 33.0 Å². The maximum atomic E-state index is 13.1. The van der Waals surface area contributed by atoms with Gasteiger partial charge >= 0.3 is 0 Å². The summed E-state index contributed by atoms with van der Waals surface area (Å²) in [5.74, 6) is -0.0980. The first-order valence-electron chi connectivity index (χ1n) is 8.89. The van der Waals surface area contributed by atoms with Crippen molar-refractivity contribution in [3.05, 3.63) is 93.7 Å². The van der Waals surface area contributed by atoms with Crippen LogP contribution in [0.5, 0.6) is 0 Å². The lowest BCUT2D eigenvalue weighted by Crippen LogP contribution is -2.37. The van der Waals surface area contributed by atoms with E-state index in [1.54, 1.807) is 18.2 Å². The fourth-order valence-corrected chi connectivity index (χ4v) is 3.50. The molecule has 0 fully saturated rings. The second-order valence-electron chi connectivity index (χ2n) is 6.76. The van der Waals surface area contributed by atoms with Gasteiger partial charge in [0, 0.05) is 29.5 Å². The third-order valence-electron chi connectivity index (χ3n) is 4.50. The van der Waals surface area contributed by atoms with Gasteiger partial charge in [0.1, 0.15) is 0 Å². The van der Waals surface area contributed by atoms with Gasteiger partial charge in [-0.2, -0.15) is 0 Å². The molecule has 3 aromatic rings. The summed E-state index contributed by atoms with van der Waals surface area (Å²) in [6.07, 6.45) is 2.04. The van der Waals surface area contributed by atoms with E-state index in [0.717, 1.165) is 12.2 Å². The molecular weight excluding hydrogens is 379 g/mol. The highest BCUT2D eigenvalue weighted by molar-refractivity contribution is 6.36. The monoisotopic (exact) mass is 400 g/mol. The van der Waals surface area contributed by atoms with E-state index >= 15 is 0 Å². The standard InChI is InChI=1S/C22H22Cl2N2O/c1-16(2)26(22(27)20-11-10-18(23)13-21(20)24)15-19-9-6-12-25(19)14-17-7-4-3-5-8-17/h3-13,16H,14-15H2,1-2H3. The molecule has 0 unspecified atom stereocenters. The molecule has 0 bridgehead atoms. The fraction of sp³-hybridized carbons (Fsp3) is 0.227. The smallest absolute Gasteiger partial charge is 0.255 e. The quantitative estimate of drug-likeness (QED) is 0.505. The molecule has 0 aliphatic heterocycles. The van der Waals surface area contributed by atoms with Crippen LogP contribution in [0.15, 0.2) is 66.9 Å². The molecule has 0 atom stereocenters. The molecule has 0 radical (unpaired) electrons. The van der Waals surface area contributed by atoms with Crippen molar-refractivity contribution < 1.29 is 4.79 Å². The maximum Gasteiger partial charge on any atom is 0.255 e. The van der Waals surface area contributed by atoms with Gasteiger partial charge in [-0.05, 0) is 49.7 Å². The molecule has 0 saturated carbocycles. The third-order valence-corrected chi connectivity index (χ3v) is 5.05. The van der Waals surface area contributed by atoms with Gasteiger partial charge in [-0.25, -0.2) is 0 Å². The summed E-state index contributed by atoms with van der Waals surface area (Å²) in [6, 6.07) is 19.3. The number of amides is 1. The number of carbonyl (C=O) groups excluding carboxylic acids is 1. The highest BCUT2D eigenvalue weighted by Gasteiger charge is 2.22. The first kappa shape index (κ1) is 19.5. The summed E-state index contributed by atoms with van der Waals surface area (Å²) < 4.78 is 2.17. The Labute approximate surface area is 170 Å². The number of carbonyl (C=O) groups is 1. The number of aromatic nitrogens is 1. The lowest BCUT2D eigenvalue weighted by Gasteiger charge is -2.28. The van der Waals surface area contributed by atoms with Crippen molar-refractivity contribution in [1.29, 1.82) is 0 Å². The van der Waals surface area contributed by atoms with E-state index in [9.17, 15) is 4.79 Å². The van der Waals surface area contributed by atoms with Crippen LogP contribution in [-0.2, 0) is 13.1 Å². The van der Waals surface area contributed by atoms with Crippen LogP contribution in [0.1, 0.15) is 35.5 Å². The van der Waals surface area contributed by atoms with E-state index in [2.05, 4.69) is 22.8 Å². The second-order valence-corrected chi connectivity index (χ2v) is 7.61. The Hall–Kier alpha value is -2.23. The zero-order valence-corrected chi connectivity index (χ0v) is 16.9. The van der Waals surface area contributed by atoms with Crippen LogP contribution in [0, 0.1) is 0 Å². The largest absolute Gasteiger partial charge is 0.345 e.